The molecule has 0 bridgehead atoms. The first-order chi connectivity index (χ1) is 26.7. The minimum absolute atomic E-state index is 0.0244. The summed E-state index contributed by atoms with van der Waals surface area (Å²) in [6.07, 6.45) is -23.0. The molecule has 0 aromatic heterocycles. The van der Waals surface area contributed by atoms with Gasteiger partial charge in [0.15, 0.2) is 0 Å². The predicted molar refractivity (Wildman–Crippen MR) is 192 cm³/mol. The van der Waals surface area contributed by atoms with E-state index in [2.05, 4.69) is 6.58 Å². The van der Waals surface area contributed by atoms with Crippen LogP contribution in [0, 0.1) is 0 Å². The SMILES string of the molecule is C=C1c2ccc(C(c3ccc4c(c3)C(=O)N(c3ccc(-c5ccc(C(C)(C)C)cc5C(F)(F)F)c(C(F)(F)F)c3)C4=O)(C(F)(F)F)C(F)(F)F)cc2C(=O)N1C(C)(C)C. The number of carbonyl (C=O) groups excluding carboxylic acids is 3. The van der Waals surface area contributed by atoms with Crippen molar-refractivity contribution in [2.45, 2.75) is 82.6 Å². The van der Waals surface area contributed by atoms with Gasteiger partial charge >= 0.3 is 24.7 Å². The van der Waals surface area contributed by atoms with Gasteiger partial charge in [-0.15, -0.1) is 0 Å². The molecule has 2 aliphatic rings. The van der Waals surface area contributed by atoms with Crippen LogP contribution in [0.1, 0.15) is 106 Å². The van der Waals surface area contributed by atoms with Crippen molar-refractivity contribution in [3.8, 4) is 11.1 Å². The van der Waals surface area contributed by atoms with Gasteiger partial charge in [0.2, 0.25) is 5.41 Å². The molecule has 0 N–H and O–H groups in total. The van der Waals surface area contributed by atoms with Crippen LogP contribution < -0.4 is 4.90 Å². The van der Waals surface area contributed by atoms with Crippen LogP contribution >= 0.6 is 0 Å². The van der Waals surface area contributed by atoms with Gasteiger partial charge < -0.3 is 4.90 Å². The number of hydrogen-bond acceptors (Lipinski definition) is 3. The van der Waals surface area contributed by atoms with E-state index in [1.165, 1.54) is 6.07 Å². The highest BCUT2D eigenvalue weighted by atomic mass is 19.4. The highest BCUT2D eigenvalue weighted by molar-refractivity contribution is 6.34. The summed E-state index contributed by atoms with van der Waals surface area (Å²) in [5.74, 6) is -3.97. The lowest BCUT2D eigenvalue weighted by atomic mass is 9.71. The smallest absolute Gasteiger partial charge is 0.303 e. The molecule has 0 saturated carbocycles. The maximum atomic E-state index is 15.2. The number of rotatable bonds is 4. The molecule has 0 spiro atoms. The summed E-state index contributed by atoms with van der Waals surface area (Å²) in [5.41, 5.74) is -17.9. The highest BCUT2D eigenvalue weighted by Crippen LogP contribution is 2.57. The average Bonchev–Trinajstić information content (AvgIpc) is 3.49. The molecule has 5 nitrogen and oxygen atoms in total. The second kappa shape index (κ2) is 13.2. The van der Waals surface area contributed by atoms with E-state index in [1.807, 2.05) is 0 Å². The molecule has 0 aliphatic carbocycles. The van der Waals surface area contributed by atoms with Crippen LogP contribution in [0.25, 0.3) is 16.8 Å². The molecule has 0 radical (unpaired) electrons. The van der Waals surface area contributed by atoms with E-state index in [4.69, 9.17) is 0 Å². The number of amides is 3. The summed E-state index contributed by atoms with van der Waals surface area (Å²) in [5, 5.41) is 0. The summed E-state index contributed by atoms with van der Waals surface area (Å²) in [6.45, 7) is 13.2. The largest absolute Gasteiger partial charge is 0.417 e. The Hall–Kier alpha value is -5.61. The van der Waals surface area contributed by atoms with Crippen molar-refractivity contribution in [1.29, 1.82) is 0 Å². The Kier molecular flexibility index (Phi) is 9.61. The maximum absolute atomic E-state index is 15.2. The zero-order chi connectivity index (χ0) is 44.4. The standard InChI is InChI=1S/C42H32F12N2O3/c1-20-25-12-9-22(16-29(25)35(59)56(20)37(5,6)7)38(41(49,50)51,42(52,53)54)23-10-14-28-30(17-23)34(58)55(33(28)57)24-11-15-27(32(19-24)40(46,47)48)26-13-8-21(36(2,3)4)18-31(26)39(43,44)45/h8-19H,1H2,2-7H3. The summed E-state index contributed by atoms with van der Waals surface area (Å²) in [4.78, 5) is 41.9. The van der Waals surface area contributed by atoms with E-state index < -0.39 is 115 Å². The first kappa shape index (κ1) is 43.0. The van der Waals surface area contributed by atoms with Crippen LogP contribution in [-0.2, 0) is 23.2 Å². The first-order valence-corrected chi connectivity index (χ1v) is 17.5. The Bertz CT molecular complexity index is 2450. The molecule has 2 heterocycles. The Labute approximate surface area is 328 Å². The zero-order valence-corrected chi connectivity index (χ0v) is 31.8. The number of halogens is 12. The lowest BCUT2D eigenvalue weighted by Crippen LogP contribution is -2.55. The van der Waals surface area contributed by atoms with E-state index in [1.54, 1.807) is 41.5 Å². The van der Waals surface area contributed by atoms with Gasteiger partial charge in [0.1, 0.15) is 0 Å². The first-order valence-electron chi connectivity index (χ1n) is 17.5. The predicted octanol–water partition coefficient (Wildman–Crippen LogP) is 12.1. The monoisotopic (exact) mass is 840 g/mol. The number of alkyl halides is 12. The number of carbonyl (C=O) groups is 3. The minimum Gasteiger partial charge on any atom is -0.303 e. The summed E-state index contributed by atoms with van der Waals surface area (Å²) in [7, 11) is 0. The number of nitrogens with zero attached hydrogens (tertiary/aromatic N) is 2. The van der Waals surface area contributed by atoms with E-state index in [0.29, 0.717) is 42.5 Å². The molecule has 4 aromatic carbocycles. The molecule has 6 rings (SSSR count). The van der Waals surface area contributed by atoms with Gasteiger partial charge in [-0.1, -0.05) is 63.7 Å². The summed E-state index contributed by atoms with van der Waals surface area (Å²) < 4.78 is 178. The molecule has 3 amide bonds. The molecular weight excluding hydrogens is 808 g/mol. The normalized spacial score (nSPS) is 15.7. The third-order valence-corrected chi connectivity index (χ3v) is 10.4. The highest BCUT2D eigenvalue weighted by Gasteiger charge is 2.73. The summed E-state index contributed by atoms with van der Waals surface area (Å²) in [6, 6.07) is 7.02. The number of imide groups is 1. The Morgan fingerprint density at radius 1 is 0.458 bits per heavy atom. The van der Waals surface area contributed by atoms with Crippen molar-refractivity contribution < 1.29 is 67.1 Å². The van der Waals surface area contributed by atoms with Crippen molar-refractivity contribution >= 4 is 29.1 Å². The molecule has 59 heavy (non-hydrogen) atoms. The molecule has 4 aromatic rings. The molecule has 0 saturated heterocycles. The molecular formula is C42H32F12N2O3. The van der Waals surface area contributed by atoms with Crippen LogP contribution in [0.4, 0.5) is 58.4 Å². The Morgan fingerprint density at radius 2 is 0.864 bits per heavy atom. The number of fused-ring (bicyclic) bond motifs is 2. The topological polar surface area (TPSA) is 57.7 Å². The van der Waals surface area contributed by atoms with Crippen LogP contribution in [-0.4, -0.2) is 40.5 Å². The fourth-order valence-electron chi connectivity index (χ4n) is 7.59. The third kappa shape index (κ3) is 6.75. The van der Waals surface area contributed by atoms with Crippen molar-refractivity contribution in [2.24, 2.45) is 0 Å². The van der Waals surface area contributed by atoms with Gasteiger partial charge in [-0.2, -0.15) is 52.7 Å². The van der Waals surface area contributed by atoms with Crippen LogP contribution in [0.15, 0.2) is 79.4 Å². The van der Waals surface area contributed by atoms with E-state index in [0.717, 1.165) is 17.0 Å². The third-order valence-electron chi connectivity index (χ3n) is 10.4. The molecule has 2 aliphatic heterocycles. The van der Waals surface area contributed by atoms with Crippen molar-refractivity contribution in [1.82, 2.24) is 4.90 Å². The van der Waals surface area contributed by atoms with Crippen molar-refractivity contribution in [2.75, 3.05) is 4.90 Å². The van der Waals surface area contributed by atoms with Crippen LogP contribution in [0.5, 0.6) is 0 Å². The van der Waals surface area contributed by atoms with Gasteiger partial charge in [0.05, 0.1) is 27.9 Å². The molecule has 0 fully saturated rings. The van der Waals surface area contributed by atoms with Crippen LogP contribution in [0.3, 0.4) is 0 Å². The second-order valence-electron chi connectivity index (χ2n) is 16.2. The molecule has 312 valence electrons. The van der Waals surface area contributed by atoms with Gasteiger partial charge in [-0.05, 0) is 90.4 Å². The lowest BCUT2D eigenvalue weighted by Gasteiger charge is -2.38. The lowest BCUT2D eigenvalue weighted by molar-refractivity contribution is -0.288. The number of benzene rings is 4. The molecule has 17 heteroatoms. The van der Waals surface area contributed by atoms with Gasteiger partial charge in [0.25, 0.3) is 17.7 Å². The number of hydrogen-bond donors (Lipinski definition) is 0. The fourth-order valence-corrected chi connectivity index (χ4v) is 7.59. The Balaban J connectivity index is 1.50. The van der Waals surface area contributed by atoms with Gasteiger partial charge in [-0.25, -0.2) is 4.90 Å². The van der Waals surface area contributed by atoms with Crippen molar-refractivity contribution in [3.05, 3.63) is 129 Å². The van der Waals surface area contributed by atoms with E-state index in [-0.39, 0.29) is 33.9 Å². The Morgan fingerprint density at radius 3 is 1.32 bits per heavy atom. The minimum atomic E-state index is -6.22. The van der Waals surface area contributed by atoms with Gasteiger partial charge in [0, 0.05) is 22.4 Å². The molecule has 0 atom stereocenters. The fraction of sp³-hybridized carbons (Fsp3) is 0.310. The quantitative estimate of drug-likeness (QED) is 0.152. The zero-order valence-electron chi connectivity index (χ0n) is 31.8. The average molecular weight is 841 g/mol. The van der Waals surface area contributed by atoms with E-state index in [9.17, 15) is 40.7 Å². The van der Waals surface area contributed by atoms with Crippen LogP contribution in [0.2, 0.25) is 0 Å². The van der Waals surface area contributed by atoms with Gasteiger partial charge in [-0.3, -0.25) is 14.4 Å². The summed E-state index contributed by atoms with van der Waals surface area (Å²) >= 11 is 0. The molecule has 0 unspecified atom stereocenters. The van der Waals surface area contributed by atoms with Crippen molar-refractivity contribution in [3.63, 3.8) is 0 Å². The van der Waals surface area contributed by atoms with E-state index >= 15 is 26.3 Å². The number of anilines is 1. The maximum Gasteiger partial charge on any atom is 0.417 e. The second-order valence-corrected chi connectivity index (χ2v) is 16.2.